The lowest BCUT2D eigenvalue weighted by Gasteiger charge is -2.14. The normalized spacial score (nSPS) is 17.2. The minimum absolute atomic E-state index is 0.0295. The lowest BCUT2D eigenvalue weighted by atomic mass is 10.0. The first-order chi connectivity index (χ1) is 17.1. The van der Waals surface area contributed by atoms with Gasteiger partial charge in [0.25, 0.3) is 11.2 Å². The Balaban J connectivity index is 1.62. The number of nitrogens with zero attached hydrogens (tertiary/aromatic N) is 3. The van der Waals surface area contributed by atoms with E-state index in [-0.39, 0.29) is 42.1 Å². The molecule has 0 radical (unpaired) electrons. The predicted molar refractivity (Wildman–Crippen MR) is 122 cm³/mol. The lowest BCUT2D eigenvalue weighted by Crippen LogP contribution is -2.46. The van der Waals surface area contributed by atoms with Crippen LogP contribution in [0.3, 0.4) is 0 Å². The van der Waals surface area contributed by atoms with Gasteiger partial charge in [-0.15, -0.1) is 37.8 Å². The van der Waals surface area contributed by atoms with E-state index >= 15 is 0 Å². The van der Waals surface area contributed by atoms with Gasteiger partial charge in [0.05, 0.1) is 25.8 Å². The summed E-state index contributed by atoms with van der Waals surface area (Å²) in [6, 6.07) is 5.04. The zero-order valence-electron chi connectivity index (χ0n) is 19.0. The number of alkyl halides is 3. The highest BCUT2D eigenvalue weighted by atomic mass is 19.4. The lowest BCUT2D eigenvalue weighted by molar-refractivity contribution is -0.667. The van der Waals surface area contributed by atoms with Crippen molar-refractivity contribution in [3.63, 3.8) is 0 Å². The Morgan fingerprint density at radius 1 is 1.28 bits per heavy atom. The van der Waals surface area contributed by atoms with Crippen LogP contribution in [0, 0.1) is 6.42 Å². The summed E-state index contributed by atoms with van der Waals surface area (Å²) in [5.74, 6) is -0.435. The third kappa shape index (κ3) is 4.80. The molecular formula is C24H21F3N4O5. The molecule has 3 heterocycles. The molecule has 1 aliphatic carbocycles. The summed E-state index contributed by atoms with van der Waals surface area (Å²) in [6.07, 6.45) is 2.19. The minimum Gasteiger partial charge on any atom is -0.406 e. The molecule has 1 unspecified atom stereocenters. The first-order valence-electron chi connectivity index (χ1n) is 10.9. The average Bonchev–Trinajstić information content (AvgIpc) is 3.57. The predicted octanol–water partition coefficient (Wildman–Crippen LogP) is 2.66. The molecule has 2 aliphatic rings. The summed E-state index contributed by atoms with van der Waals surface area (Å²) in [7, 11) is 1.51. The van der Waals surface area contributed by atoms with E-state index in [1.165, 1.54) is 28.3 Å². The van der Waals surface area contributed by atoms with Crippen LogP contribution in [-0.4, -0.2) is 33.2 Å². The highest BCUT2D eigenvalue weighted by Gasteiger charge is 2.33. The van der Waals surface area contributed by atoms with Gasteiger partial charge in [-0.1, -0.05) is 11.6 Å². The smallest absolute Gasteiger partial charge is 0.406 e. The summed E-state index contributed by atoms with van der Waals surface area (Å²) < 4.78 is 57.0. The van der Waals surface area contributed by atoms with Crippen molar-refractivity contribution in [3.8, 4) is 17.5 Å². The fourth-order valence-corrected chi connectivity index (χ4v) is 3.85. The van der Waals surface area contributed by atoms with E-state index in [1.54, 1.807) is 0 Å². The molecule has 1 N–H and O–H groups in total. The van der Waals surface area contributed by atoms with Crippen molar-refractivity contribution in [1.82, 2.24) is 14.1 Å². The zero-order chi connectivity index (χ0) is 25.6. The van der Waals surface area contributed by atoms with Gasteiger partial charge in [0.15, 0.2) is 0 Å². The van der Waals surface area contributed by atoms with Crippen LogP contribution in [0.4, 0.5) is 13.2 Å². The van der Waals surface area contributed by atoms with Crippen LogP contribution in [-0.2, 0) is 24.9 Å². The van der Waals surface area contributed by atoms with Gasteiger partial charge in [-0.3, -0.25) is 13.9 Å². The average molecular weight is 502 g/mol. The number of aromatic nitrogens is 4. The largest absolute Gasteiger partial charge is 0.573 e. The van der Waals surface area contributed by atoms with Crippen molar-refractivity contribution in [2.24, 2.45) is 7.05 Å². The van der Waals surface area contributed by atoms with E-state index < -0.39 is 23.4 Å². The number of nitrogens with one attached hydrogen (secondary N) is 1. The minimum atomic E-state index is -4.87. The van der Waals surface area contributed by atoms with Crippen LogP contribution in [0.15, 0.2) is 69.8 Å². The van der Waals surface area contributed by atoms with Gasteiger partial charge in [-0.05, 0) is 12.1 Å². The second-order valence-corrected chi connectivity index (χ2v) is 8.37. The van der Waals surface area contributed by atoms with Gasteiger partial charge in [-0.25, -0.2) is 4.79 Å². The number of hydrogen-bond acceptors (Lipinski definition) is 5. The Morgan fingerprint density at radius 2 is 2.03 bits per heavy atom. The number of rotatable bonds is 7. The first-order valence-corrected chi connectivity index (χ1v) is 10.9. The van der Waals surface area contributed by atoms with Gasteiger partial charge >= 0.3 is 23.6 Å². The second kappa shape index (κ2) is 8.79. The highest BCUT2D eigenvalue weighted by molar-refractivity contribution is 5.66. The van der Waals surface area contributed by atoms with Gasteiger partial charge in [0, 0.05) is 13.1 Å². The molecule has 0 spiro atoms. The number of benzene rings is 1. The Kier molecular flexibility index (Phi) is 5.75. The van der Waals surface area contributed by atoms with Crippen LogP contribution < -0.4 is 25.3 Å². The number of aryl methyl sites for hydroxylation is 1. The van der Waals surface area contributed by atoms with E-state index in [4.69, 9.17) is 9.47 Å². The van der Waals surface area contributed by atoms with Crippen LogP contribution in [0.5, 0.6) is 17.5 Å². The quantitative estimate of drug-likeness (QED) is 0.305. The van der Waals surface area contributed by atoms with Crippen molar-refractivity contribution < 1.29 is 31.9 Å². The molecule has 1 fully saturated rings. The second-order valence-electron chi connectivity index (χ2n) is 8.37. The topological polar surface area (TPSA) is 94.7 Å². The van der Waals surface area contributed by atoms with E-state index in [0.29, 0.717) is 6.61 Å². The van der Waals surface area contributed by atoms with Crippen LogP contribution in [0.25, 0.3) is 11.2 Å². The molecule has 5 rings (SSSR count). The van der Waals surface area contributed by atoms with Crippen molar-refractivity contribution >= 4 is 11.2 Å². The van der Waals surface area contributed by atoms with Gasteiger partial charge in [-0.2, -0.15) is 21.7 Å². The number of fused-ring (bicyclic) bond motifs is 1. The number of aromatic amines is 1. The third-order valence-corrected chi connectivity index (χ3v) is 5.67. The molecule has 3 aromatic rings. The van der Waals surface area contributed by atoms with Crippen molar-refractivity contribution in [3.05, 3.63) is 87.5 Å². The molecular weight excluding hydrogens is 481 g/mol. The summed E-state index contributed by atoms with van der Waals surface area (Å²) in [5.41, 5.74) is 0.883. The van der Waals surface area contributed by atoms with E-state index in [0.717, 1.165) is 27.8 Å². The SMILES string of the molecule is C=C1C=CC(C[n+]2c(Oc3cccc(OC(F)(F)F)c3)[nH]c3c2c(=O)n(CC2CO2)c(=O)n3C)=C[CH-]1. The fraction of sp³-hybridized carbons (Fsp3) is 0.250. The molecule has 0 amide bonds. The van der Waals surface area contributed by atoms with Crippen LogP contribution >= 0.6 is 0 Å². The van der Waals surface area contributed by atoms with Crippen molar-refractivity contribution in [2.75, 3.05) is 6.61 Å². The molecule has 1 saturated heterocycles. The van der Waals surface area contributed by atoms with Crippen molar-refractivity contribution in [2.45, 2.75) is 25.6 Å². The zero-order valence-corrected chi connectivity index (χ0v) is 19.0. The highest BCUT2D eigenvalue weighted by Crippen LogP contribution is 2.28. The molecule has 1 aliphatic heterocycles. The molecule has 12 heteroatoms. The number of epoxide rings is 1. The first kappa shape index (κ1) is 23.5. The monoisotopic (exact) mass is 502 g/mol. The summed E-state index contributed by atoms with van der Waals surface area (Å²) in [5, 5.41) is 0. The fourth-order valence-electron chi connectivity index (χ4n) is 3.85. The number of halogens is 3. The van der Waals surface area contributed by atoms with Crippen LogP contribution in [0.1, 0.15) is 0 Å². The molecule has 2 aromatic heterocycles. The van der Waals surface area contributed by atoms with Gasteiger partial charge < -0.3 is 14.2 Å². The molecule has 1 atom stereocenters. The number of allylic oxidation sites excluding steroid dienone is 5. The summed E-state index contributed by atoms with van der Waals surface area (Å²) in [6.45, 7) is 4.60. The standard InChI is InChI=1S/C24H20F3N4O5/c1-14-6-8-15(9-7-14)11-30-19-20(29(2)23(33)31(21(19)32)12-18-13-34-18)28-22(30)35-16-4-3-5-17(10-16)36-24(25,26)27/h3-10,18H,1,11-13H2,2H3/q-1/p+1. The molecule has 0 saturated carbocycles. The Labute approximate surface area is 201 Å². The molecule has 36 heavy (non-hydrogen) atoms. The Morgan fingerprint density at radius 3 is 2.69 bits per heavy atom. The van der Waals surface area contributed by atoms with E-state index in [2.05, 4.69) is 16.3 Å². The van der Waals surface area contributed by atoms with E-state index in [9.17, 15) is 22.8 Å². The van der Waals surface area contributed by atoms with Crippen molar-refractivity contribution in [1.29, 1.82) is 0 Å². The maximum atomic E-state index is 13.4. The maximum absolute atomic E-state index is 13.4. The number of imidazole rings is 1. The Bertz CT molecular complexity index is 1540. The molecule has 1 aromatic carbocycles. The van der Waals surface area contributed by atoms with Gasteiger partial charge in [0.1, 0.15) is 11.5 Å². The Hall–Kier alpha value is -4.19. The molecule has 9 nitrogen and oxygen atoms in total. The van der Waals surface area contributed by atoms with E-state index in [1.807, 2.05) is 24.6 Å². The maximum Gasteiger partial charge on any atom is 0.573 e. The van der Waals surface area contributed by atoms with Gasteiger partial charge in [0.2, 0.25) is 0 Å². The molecule has 0 bridgehead atoms. The third-order valence-electron chi connectivity index (χ3n) is 5.67. The number of hydrogen-bond donors (Lipinski definition) is 1. The number of ether oxygens (including phenoxy) is 3. The van der Waals surface area contributed by atoms with Crippen LogP contribution in [0.2, 0.25) is 0 Å². The number of H-pyrrole nitrogens is 1. The summed E-state index contributed by atoms with van der Waals surface area (Å²) >= 11 is 0. The molecule has 188 valence electrons. The summed E-state index contributed by atoms with van der Waals surface area (Å²) in [4.78, 5) is 29.3.